The first-order valence-corrected chi connectivity index (χ1v) is 12.1. The minimum atomic E-state index is -0.742. The molecule has 0 saturated carbocycles. The molecule has 10 heteroatoms. The van der Waals surface area contributed by atoms with E-state index in [-0.39, 0.29) is 11.9 Å². The smallest absolute Gasteiger partial charge is 0.325 e. The number of carbonyl (C=O) groups is 2. The SMILES string of the molecule is CN1CCC2(CC1)C(=O)NC(=O)N2CCNc1ncc(Br)c(-c2cc3ccccc3s2)n1. The number of hydrogen-bond acceptors (Lipinski definition) is 7. The first-order chi connectivity index (χ1) is 15.5. The van der Waals surface area contributed by atoms with Gasteiger partial charge in [-0.1, -0.05) is 18.2 Å². The number of carbonyl (C=O) groups excluding carboxylic acids is 2. The second-order valence-electron chi connectivity index (χ2n) is 8.21. The van der Waals surface area contributed by atoms with E-state index in [4.69, 9.17) is 4.98 Å². The molecule has 2 aliphatic rings. The van der Waals surface area contributed by atoms with Crippen LogP contribution in [0.1, 0.15) is 12.8 Å². The summed E-state index contributed by atoms with van der Waals surface area (Å²) < 4.78 is 2.03. The molecule has 1 spiro atoms. The molecule has 2 N–H and O–H groups in total. The average Bonchev–Trinajstić information content (AvgIpc) is 3.31. The average molecular weight is 515 g/mol. The Morgan fingerprint density at radius 2 is 2.03 bits per heavy atom. The highest BCUT2D eigenvalue weighted by Gasteiger charge is 2.53. The van der Waals surface area contributed by atoms with Gasteiger partial charge in [0.25, 0.3) is 5.91 Å². The van der Waals surface area contributed by atoms with Crippen LogP contribution in [-0.2, 0) is 4.79 Å². The monoisotopic (exact) mass is 514 g/mol. The molecule has 0 bridgehead atoms. The predicted molar refractivity (Wildman–Crippen MR) is 129 cm³/mol. The molecule has 166 valence electrons. The standard InChI is InChI=1S/C22H23BrN6O2S/c1-28-9-6-22(7-10-28)19(30)27-21(31)29(22)11-8-24-20-25-13-15(23)18(26-20)17-12-14-4-2-3-5-16(14)32-17/h2-5,12-13H,6-11H2,1H3,(H,24,25,26)(H,27,30,31). The molecule has 2 fully saturated rings. The van der Waals surface area contributed by atoms with Crippen LogP contribution in [0.4, 0.5) is 10.7 Å². The van der Waals surface area contributed by atoms with Crippen LogP contribution >= 0.6 is 27.3 Å². The molecule has 32 heavy (non-hydrogen) atoms. The number of hydrogen-bond donors (Lipinski definition) is 2. The molecule has 0 radical (unpaired) electrons. The van der Waals surface area contributed by atoms with Crippen LogP contribution < -0.4 is 10.6 Å². The zero-order valence-electron chi connectivity index (χ0n) is 17.6. The zero-order chi connectivity index (χ0) is 22.3. The molecule has 0 atom stereocenters. The highest BCUT2D eigenvalue weighted by molar-refractivity contribution is 9.10. The van der Waals surface area contributed by atoms with Crippen molar-refractivity contribution in [2.24, 2.45) is 0 Å². The van der Waals surface area contributed by atoms with Crippen LogP contribution in [0.5, 0.6) is 0 Å². The largest absolute Gasteiger partial charge is 0.352 e. The Kier molecular flexibility index (Phi) is 5.60. The Balaban J connectivity index is 1.30. The lowest BCUT2D eigenvalue weighted by Gasteiger charge is -2.41. The number of halogens is 1. The van der Waals surface area contributed by atoms with E-state index in [1.54, 1.807) is 22.4 Å². The number of piperidine rings is 1. The molecule has 2 aromatic heterocycles. The van der Waals surface area contributed by atoms with Crippen LogP contribution in [0, 0.1) is 0 Å². The van der Waals surface area contributed by atoms with Gasteiger partial charge >= 0.3 is 6.03 Å². The number of likely N-dealkylation sites (tertiary alicyclic amines) is 1. The summed E-state index contributed by atoms with van der Waals surface area (Å²) in [5.41, 5.74) is 0.0817. The maximum absolute atomic E-state index is 12.6. The summed E-state index contributed by atoms with van der Waals surface area (Å²) in [6, 6.07) is 10.0. The van der Waals surface area contributed by atoms with E-state index < -0.39 is 5.54 Å². The van der Waals surface area contributed by atoms with Crippen LogP contribution in [0.25, 0.3) is 20.7 Å². The third-order valence-electron chi connectivity index (χ3n) is 6.24. The van der Waals surface area contributed by atoms with Gasteiger partial charge in [0, 0.05) is 37.1 Å². The number of anilines is 1. The normalized spacial score (nSPS) is 18.5. The predicted octanol–water partition coefficient (Wildman–Crippen LogP) is 3.55. The number of amides is 3. The summed E-state index contributed by atoms with van der Waals surface area (Å²) in [5, 5.41) is 6.92. The summed E-state index contributed by atoms with van der Waals surface area (Å²) >= 11 is 5.25. The van der Waals surface area contributed by atoms with Crippen LogP contribution in [0.2, 0.25) is 0 Å². The van der Waals surface area contributed by atoms with Gasteiger partial charge in [-0.3, -0.25) is 10.1 Å². The molecule has 8 nitrogen and oxygen atoms in total. The van der Waals surface area contributed by atoms with Crippen molar-refractivity contribution in [1.82, 2.24) is 25.1 Å². The second-order valence-corrected chi connectivity index (χ2v) is 10.1. The number of nitrogens with one attached hydrogen (secondary N) is 2. The minimum absolute atomic E-state index is 0.178. The summed E-state index contributed by atoms with van der Waals surface area (Å²) in [7, 11) is 2.03. The van der Waals surface area contributed by atoms with Crippen molar-refractivity contribution in [3.63, 3.8) is 0 Å². The summed E-state index contributed by atoms with van der Waals surface area (Å²) in [6.45, 7) is 2.43. The molecule has 0 aliphatic carbocycles. The highest BCUT2D eigenvalue weighted by atomic mass is 79.9. The Morgan fingerprint density at radius 3 is 2.81 bits per heavy atom. The van der Waals surface area contributed by atoms with E-state index in [1.807, 2.05) is 19.2 Å². The molecule has 5 rings (SSSR count). The number of benzene rings is 1. The molecular formula is C22H23BrN6O2S. The van der Waals surface area contributed by atoms with E-state index in [2.05, 4.69) is 54.6 Å². The molecule has 4 heterocycles. The third kappa shape index (κ3) is 3.76. The van der Waals surface area contributed by atoms with E-state index in [1.165, 1.54) is 10.1 Å². The lowest BCUT2D eigenvalue weighted by Crippen LogP contribution is -2.56. The summed E-state index contributed by atoms with van der Waals surface area (Å²) in [5.74, 6) is 0.312. The third-order valence-corrected chi connectivity index (χ3v) is 7.94. The number of fused-ring (bicyclic) bond motifs is 1. The van der Waals surface area contributed by atoms with E-state index in [0.29, 0.717) is 31.9 Å². The number of urea groups is 1. The summed E-state index contributed by atoms with van der Waals surface area (Å²) in [6.07, 6.45) is 3.03. The van der Waals surface area contributed by atoms with E-state index in [9.17, 15) is 9.59 Å². The van der Waals surface area contributed by atoms with Crippen LogP contribution in [0.15, 0.2) is 41.0 Å². The quantitative estimate of drug-likeness (QED) is 0.506. The van der Waals surface area contributed by atoms with Gasteiger partial charge in [0.2, 0.25) is 5.95 Å². The fraction of sp³-hybridized carbons (Fsp3) is 0.364. The van der Waals surface area contributed by atoms with Crippen LogP contribution in [0.3, 0.4) is 0 Å². The fourth-order valence-corrected chi connectivity index (χ4v) is 6.00. The van der Waals surface area contributed by atoms with Crippen molar-refractivity contribution in [2.75, 3.05) is 38.5 Å². The number of aromatic nitrogens is 2. The van der Waals surface area contributed by atoms with Gasteiger partial charge in [-0.05, 0) is 53.3 Å². The summed E-state index contributed by atoms with van der Waals surface area (Å²) in [4.78, 5) is 39.0. The lowest BCUT2D eigenvalue weighted by molar-refractivity contribution is -0.128. The zero-order valence-corrected chi connectivity index (χ0v) is 20.0. The molecule has 3 amide bonds. The van der Waals surface area contributed by atoms with Crippen molar-refractivity contribution in [3.8, 4) is 10.6 Å². The lowest BCUT2D eigenvalue weighted by atomic mass is 9.86. The molecular weight excluding hydrogens is 492 g/mol. The van der Waals surface area contributed by atoms with E-state index >= 15 is 0 Å². The number of rotatable bonds is 5. The van der Waals surface area contributed by atoms with Crippen molar-refractivity contribution in [2.45, 2.75) is 18.4 Å². The van der Waals surface area contributed by atoms with Gasteiger partial charge in [0.1, 0.15) is 11.2 Å². The van der Waals surface area contributed by atoms with Gasteiger partial charge in [0.15, 0.2) is 0 Å². The number of thiophene rings is 1. The first-order valence-electron chi connectivity index (χ1n) is 10.5. The highest BCUT2D eigenvalue weighted by Crippen LogP contribution is 2.36. The number of imide groups is 1. The topological polar surface area (TPSA) is 90.5 Å². The Labute approximate surface area is 198 Å². The minimum Gasteiger partial charge on any atom is -0.352 e. The van der Waals surface area contributed by atoms with E-state index in [0.717, 1.165) is 28.1 Å². The van der Waals surface area contributed by atoms with Crippen molar-refractivity contribution >= 4 is 55.2 Å². The van der Waals surface area contributed by atoms with Gasteiger partial charge in [-0.2, -0.15) is 0 Å². The van der Waals surface area contributed by atoms with Crippen molar-refractivity contribution in [1.29, 1.82) is 0 Å². The van der Waals surface area contributed by atoms with Gasteiger partial charge in [-0.15, -0.1) is 11.3 Å². The van der Waals surface area contributed by atoms with Crippen molar-refractivity contribution in [3.05, 3.63) is 41.0 Å². The van der Waals surface area contributed by atoms with Crippen molar-refractivity contribution < 1.29 is 9.59 Å². The van der Waals surface area contributed by atoms with Gasteiger partial charge < -0.3 is 15.1 Å². The Bertz CT molecular complexity index is 1160. The molecule has 1 aromatic carbocycles. The molecule has 2 aliphatic heterocycles. The Morgan fingerprint density at radius 1 is 1.25 bits per heavy atom. The number of nitrogens with zero attached hydrogens (tertiary/aromatic N) is 4. The fourth-order valence-electron chi connectivity index (χ4n) is 4.40. The van der Waals surface area contributed by atoms with Gasteiger partial charge in [0.05, 0.1) is 9.35 Å². The molecule has 3 aromatic rings. The first kappa shape index (κ1) is 21.3. The maximum atomic E-state index is 12.6. The van der Waals surface area contributed by atoms with Crippen LogP contribution in [-0.4, -0.2) is 70.5 Å². The molecule has 2 saturated heterocycles. The second kappa shape index (κ2) is 8.42. The molecule has 0 unspecified atom stereocenters. The van der Waals surface area contributed by atoms with Gasteiger partial charge in [-0.25, -0.2) is 14.8 Å². The Hall–Kier alpha value is -2.56. The maximum Gasteiger partial charge on any atom is 0.325 e.